The SMILES string of the molecule is CCCCCCCCCCCC(=O)OC[C@H](CSC[C@@H](N)C(=O)Nc1cn([C@@H]2[C@H](O)[C@H](O)[C@@H](O)[C@H](O)[C@H]2O)nn1)OC(=O)CCCCCCCCCCC. The summed E-state index contributed by atoms with van der Waals surface area (Å²) in [6.45, 7) is 4.32. The van der Waals surface area contributed by atoms with Gasteiger partial charge in [0.05, 0.1) is 12.2 Å². The lowest BCUT2D eigenvalue weighted by molar-refractivity contribution is -0.200. The Morgan fingerprint density at radius 2 is 1.19 bits per heavy atom. The first-order valence-corrected chi connectivity index (χ1v) is 21.5. The molecule has 15 nitrogen and oxygen atoms in total. The van der Waals surface area contributed by atoms with E-state index < -0.39 is 54.6 Å². The van der Waals surface area contributed by atoms with Crippen LogP contribution >= 0.6 is 11.8 Å². The summed E-state index contributed by atoms with van der Waals surface area (Å²) in [7, 11) is 0. The van der Waals surface area contributed by atoms with Gasteiger partial charge in [-0.1, -0.05) is 122 Å². The summed E-state index contributed by atoms with van der Waals surface area (Å²) in [5, 5.41) is 60.7. The number of aliphatic hydroxyl groups is 5. The maximum absolute atomic E-state index is 12.8. The van der Waals surface area contributed by atoms with Crippen LogP contribution in [0.5, 0.6) is 0 Å². The average molecular weight is 788 g/mol. The van der Waals surface area contributed by atoms with Crippen LogP contribution in [0.2, 0.25) is 0 Å². The molecule has 54 heavy (non-hydrogen) atoms. The third-order valence-electron chi connectivity index (χ3n) is 9.80. The fourth-order valence-electron chi connectivity index (χ4n) is 6.40. The van der Waals surface area contributed by atoms with E-state index in [-0.39, 0.29) is 42.3 Å². The predicted octanol–water partition coefficient (Wildman–Crippen LogP) is 3.93. The number of nitrogens with zero attached hydrogens (tertiary/aromatic N) is 3. The lowest BCUT2D eigenvalue weighted by atomic mass is 9.83. The van der Waals surface area contributed by atoms with E-state index >= 15 is 0 Å². The van der Waals surface area contributed by atoms with Gasteiger partial charge in [0.2, 0.25) is 5.91 Å². The largest absolute Gasteiger partial charge is 0.462 e. The summed E-state index contributed by atoms with van der Waals surface area (Å²) >= 11 is 1.27. The van der Waals surface area contributed by atoms with Crippen molar-refractivity contribution in [3.05, 3.63) is 6.20 Å². The van der Waals surface area contributed by atoms with Gasteiger partial charge in [0.15, 0.2) is 5.82 Å². The minimum absolute atomic E-state index is 0.0582. The number of ether oxygens (including phenoxy) is 2. The molecule has 1 heterocycles. The Morgan fingerprint density at radius 3 is 1.70 bits per heavy atom. The number of aromatic nitrogens is 3. The molecule has 312 valence electrons. The number of aliphatic hydroxyl groups excluding tert-OH is 5. The van der Waals surface area contributed by atoms with Gasteiger partial charge < -0.3 is 46.1 Å². The maximum Gasteiger partial charge on any atom is 0.306 e. The number of thioether (sulfide) groups is 1. The van der Waals surface area contributed by atoms with Gasteiger partial charge in [-0.3, -0.25) is 14.4 Å². The number of hydrogen-bond donors (Lipinski definition) is 7. The Balaban J connectivity index is 1.82. The highest BCUT2D eigenvalue weighted by molar-refractivity contribution is 7.99. The molecule has 1 aliphatic rings. The zero-order valence-electron chi connectivity index (χ0n) is 32.6. The third-order valence-corrected chi connectivity index (χ3v) is 11.0. The second-order valence-corrected chi connectivity index (χ2v) is 15.7. The van der Waals surface area contributed by atoms with Gasteiger partial charge in [-0.25, -0.2) is 4.68 Å². The van der Waals surface area contributed by atoms with Crippen molar-refractivity contribution in [2.24, 2.45) is 5.73 Å². The highest BCUT2D eigenvalue weighted by atomic mass is 32.2. The van der Waals surface area contributed by atoms with Gasteiger partial charge in [0, 0.05) is 24.3 Å². The van der Waals surface area contributed by atoms with E-state index in [0.29, 0.717) is 6.42 Å². The maximum atomic E-state index is 12.8. The van der Waals surface area contributed by atoms with E-state index in [4.69, 9.17) is 15.2 Å². The van der Waals surface area contributed by atoms with Crippen LogP contribution in [0.4, 0.5) is 5.82 Å². The number of anilines is 1. The Kier molecular flexibility index (Phi) is 24.9. The van der Waals surface area contributed by atoms with Crippen molar-refractivity contribution in [3.63, 3.8) is 0 Å². The molecule has 0 saturated heterocycles. The molecule has 0 spiro atoms. The van der Waals surface area contributed by atoms with Crippen molar-refractivity contribution in [1.29, 1.82) is 0 Å². The van der Waals surface area contributed by atoms with Crippen LogP contribution in [0.15, 0.2) is 6.20 Å². The van der Waals surface area contributed by atoms with Crippen LogP contribution in [0.3, 0.4) is 0 Å². The number of carbonyl (C=O) groups excluding carboxylic acids is 3. The second-order valence-electron chi connectivity index (χ2n) is 14.6. The van der Waals surface area contributed by atoms with Crippen LogP contribution in [0, 0.1) is 0 Å². The Bertz CT molecular complexity index is 1160. The molecule has 16 heteroatoms. The first-order valence-electron chi connectivity index (χ1n) is 20.3. The first-order chi connectivity index (χ1) is 26.0. The van der Waals surface area contributed by atoms with Gasteiger partial charge >= 0.3 is 11.9 Å². The Hall–Kier alpha value is -2.34. The Labute approximate surface area is 325 Å². The number of nitrogens with two attached hydrogens (primary N) is 1. The van der Waals surface area contributed by atoms with E-state index in [9.17, 15) is 39.9 Å². The standard InChI is InChI=1S/C38H69N5O10S/c1-3-5-7-9-11-13-15-17-19-21-30(44)52-24-27(53-31(45)22-20-18-16-14-12-10-8-6-4-2)25-54-26-28(39)38(51)40-29-23-43(42-41-29)32-33(46)35(48)37(50)36(49)34(32)47/h23,27-28,32-37,46-50H,3-22,24-26,39H2,1-2H3,(H,40,51)/t27-,28-,32-,33+,34+,35+,36-,37-/m1/s1. The summed E-state index contributed by atoms with van der Waals surface area (Å²) in [5.74, 6) is -0.972. The van der Waals surface area contributed by atoms with E-state index in [0.717, 1.165) is 49.6 Å². The van der Waals surface area contributed by atoms with Crippen molar-refractivity contribution in [2.45, 2.75) is 191 Å². The van der Waals surface area contributed by atoms with Gasteiger partial charge in [-0.15, -0.1) is 5.10 Å². The molecule has 0 aliphatic heterocycles. The lowest BCUT2D eigenvalue weighted by Gasteiger charge is -2.41. The number of esters is 2. The fourth-order valence-corrected chi connectivity index (χ4v) is 7.37. The lowest BCUT2D eigenvalue weighted by Crippen LogP contribution is -2.61. The number of amides is 1. The molecule has 2 rings (SSSR count). The number of carbonyl (C=O) groups is 3. The Morgan fingerprint density at radius 1 is 0.722 bits per heavy atom. The zero-order valence-corrected chi connectivity index (χ0v) is 33.4. The topological polar surface area (TPSA) is 240 Å². The molecule has 1 aliphatic carbocycles. The van der Waals surface area contributed by atoms with Crippen molar-refractivity contribution in [3.8, 4) is 0 Å². The van der Waals surface area contributed by atoms with Crippen molar-refractivity contribution in [2.75, 3.05) is 23.4 Å². The normalized spacial score (nSPS) is 22.4. The summed E-state index contributed by atoms with van der Waals surface area (Å²) in [6.07, 6.45) is 12.8. The average Bonchev–Trinajstić information content (AvgIpc) is 3.61. The van der Waals surface area contributed by atoms with Crippen LogP contribution < -0.4 is 11.1 Å². The van der Waals surface area contributed by atoms with Crippen LogP contribution in [0.1, 0.15) is 148 Å². The minimum atomic E-state index is -1.76. The number of unbranched alkanes of at least 4 members (excludes halogenated alkanes) is 16. The molecule has 0 aromatic carbocycles. The fraction of sp³-hybridized carbons (Fsp3) is 0.868. The van der Waals surface area contributed by atoms with Crippen molar-refractivity contribution >= 4 is 35.4 Å². The van der Waals surface area contributed by atoms with E-state index in [1.807, 2.05) is 0 Å². The molecular formula is C38H69N5O10S. The van der Waals surface area contributed by atoms with E-state index in [1.54, 1.807) is 0 Å². The molecular weight excluding hydrogens is 719 g/mol. The molecule has 1 fully saturated rings. The van der Waals surface area contributed by atoms with E-state index in [2.05, 4.69) is 29.5 Å². The first kappa shape index (κ1) is 47.8. The van der Waals surface area contributed by atoms with Crippen molar-refractivity contribution < 1.29 is 49.4 Å². The molecule has 8 atom stereocenters. The molecule has 1 aromatic heterocycles. The number of nitrogens with one attached hydrogen (secondary N) is 1. The van der Waals surface area contributed by atoms with Crippen LogP contribution in [-0.2, 0) is 23.9 Å². The highest BCUT2D eigenvalue weighted by Gasteiger charge is 2.49. The van der Waals surface area contributed by atoms with E-state index in [1.165, 1.54) is 88.6 Å². The molecule has 8 N–H and O–H groups in total. The molecule has 1 amide bonds. The monoisotopic (exact) mass is 787 g/mol. The zero-order chi connectivity index (χ0) is 39.7. The quantitative estimate of drug-likeness (QED) is 0.0432. The second kappa shape index (κ2) is 28.1. The summed E-state index contributed by atoms with van der Waals surface area (Å²) in [6, 6.07) is -2.36. The third kappa shape index (κ3) is 18.5. The molecule has 1 aromatic rings. The van der Waals surface area contributed by atoms with Gasteiger partial charge in [0.25, 0.3) is 0 Å². The van der Waals surface area contributed by atoms with Gasteiger partial charge in [-0.05, 0) is 12.8 Å². The predicted molar refractivity (Wildman–Crippen MR) is 208 cm³/mol. The molecule has 0 bridgehead atoms. The van der Waals surface area contributed by atoms with Crippen molar-refractivity contribution in [1.82, 2.24) is 15.0 Å². The van der Waals surface area contributed by atoms with Crippen LogP contribution in [-0.4, -0.2) is 119 Å². The summed E-state index contributed by atoms with van der Waals surface area (Å²) < 4.78 is 12.2. The smallest absolute Gasteiger partial charge is 0.306 e. The summed E-state index contributed by atoms with van der Waals surface area (Å²) in [5.41, 5.74) is 6.12. The summed E-state index contributed by atoms with van der Waals surface area (Å²) in [4.78, 5) is 38.1. The molecule has 0 unspecified atom stereocenters. The number of hydrogen-bond acceptors (Lipinski definition) is 14. The van der Waals surface area contributed by atoms with Gasteiger partial charge in [0.1, 0.15) is 49.3 Å². The molecule has 1 saturated carbocycles. The van der Waals surface area contributed by atoms with Crippen LogP contribution in [0.25, 0.3) is 0 Å². The van der Waals surface area contributed by atoms with Gasteiger partial charge in [-0.2, -0.15) is 11.8 Å². The molecule has 0 radical (unpaired) electrons. The minimum Gasteiger partial charge on any atom is -0.462 e. The highest BCUT2D eigenvalue weighted by Crippen LogP contribution is 2.30. The number of rotatable bonds is 30.